The number of aryl methyl sites for hydroxylation is 1. The smallest absolute Gasteiger partial charge is 0.205 e. The maximum Gasteiger partial charge on any atom is 0.205 e. The van der Waals surface area contributed by atoms with Crippen LogP contribution in [0.5, 0.6) is 0 Å². The van der Waals surface area contributed by atoms with Crippen molar-refractivity contribution in [2.24, 2.45) is 0 Å². The summed E-state index contributed by atoms with van der Waals surface area (Å²) in [4.78, 5) is 11.9. The molecule has 0 radical (unpaired) electrons. The lowest BCUT2D eigenvalue weighted by atomic mass is 10.2. The molecule has 1 aromatic heterocycles. The standard InChI is InChI=1S/C11H9BrN2O2S2/c1-7-13-14-11(17-7)18(16)6-10(15)8-2-4-9(12)5-3-8/h2-5H,6H2,1H3. The third kappa shape index (κ3) is 3.30. The lowest BCUT2D eigenvalue weighted by Gasteiger charge is -1.99. The van der Waals surface area contributed by atoms with Crippen LogP contribution < -0.4 is 0 Å². The van der Waals surface area contributed by atoms with E-state index in [-0.39, 0.29) is 11.5 Å². The highest BCUT2D eigenvalue weighted by atomic mass is 79.9. The second-order valence-electron chi connectivity index (χ2n) is 3.51. The molecule has 0 bridgehead atoms. The Labute approximate surface area is 119 Å². The molecule has 2 rings (SSSR count). The van der Waals surface area contributed by atoms with E-state index in [1.54, 1.807) is 31.2 Å². The van der Waals surface area contributed by atoms with Crippen LogP contribution >= 0.6 is 27.3 Å². The predicted molar refractivity (Wildman–Crippen MR) is 74.4 cm³/mol. The SMILES string of the molecule is Cc1nnc(S(=O)CC(=O)c2ccc(Br)cc2)s1. The molecule has 94 valence electrons. The Hall–Kier alpha value is -0.920. The van der Waals surface area contributed by atoms with Crippen LogP contribution in [0.2, 0.25) is 0 Å². The third-order valence-electron chi connectivity index (χ3n) is 2.13. The Morgan fingerprint density at radius 3 is 2.56 bits per heavy atom. The molecule has 1 heterocycles. The van der Waals surface area contributed by atoms with E-state index in [1.165, 1.54) is 11.3 Å². The molecule has 1 unspecified atom stereocenters. The molecule has 0 amide bonds. The van der Waals surface area contributed by atoms with Gasteiger partial charge in [-0.1, -0.05) is 39.4 Å². The highest BCUT2D eigenvalue weighted by Crippen LogP contribution is 2.15. The fourth-order valence-electron chi connectivity index (χ4n) is 1.27. The average Bonchev–Trinajstić information content (AvgIpc) is 2.76. The maximum atomic E-state index is 11.9. The molecule has 0 aliphatic heterocycles. The predicted octanol–water partition coefficient (Wildman–Crippen LogP) is 2.60. The van der Waals surface area contributed by atoms with Gasteiger partial charge in [0.2, 0.25) is 4.34 Å². The first-order valence-electron chi connectivity index (χ1n) is 5.03. The van der Waals surface area contributed by atoms with Crippen molar-refractivity contribution in [2.45, 2.75) is 11.3 Å². The molecule has 0 fully saturated rings. The number of benzene rings is 1. The van der Waals surface area contributed by atoms with Crippen LogP contribution in [0.25, 0.3) is 0 Å². The fraction of sp³-hybridized carbons (Fsp3) is 0.182. The summed E-state index contributed by atoms with van der Waals surface area (Å²) in [6.45, 7) is 1.79. The van der Waals surface area contributed by atoms with E-state index in [2.05, 4.69) is 26.1 Å². The van der Waals surface area contributed by atoms with Gasteiger partial charge in [0.05, 0.1) is 16.6 Å². The summed E-state index contributed by atoms with van der Waals surface area (Å²) in [7, 11) is -1.41. The Bertz CT molecular complexity index is 595. The topological polar surface area (TPSA) is 59.9 Å². The van der Waals surface area contributed by atoms with Gasteiger partial charge in [-0.15, -0.1) is 10.2 Å². The Morgan fingerprint density at radius 1 is 1.33 bits per heavy atom. The number of aromatic nitrogens is 2. The minimum absolute atomic E-state index is 0.0593. The molecule has 0 N–H and O–H groups in total. The molecule has 0 spiro atoms. The van der Waals surface area contributed by atoms with Crippen molar-refractivity contribution >= 4 is 43.8 Å². The number of ketones is 1. The molecule has 1 atom stereocenters. The highest BCUT2D eigenvalue weighted by Gasteiger charge is 2.15. The van der Waals surface area contributed by atoms with Crippen LogP contribution in [0, 0.1) is 6.92 Å². The van der Waals surface area contributed by atoms with Gasteiger partial charge >= 0.3 is 0 Å². The van der Waals surface area contributed by atoms with E-state index in [0.29, 0.717) is 9.90 Å². The lowest BCUT2D eigenvalue weighted by molar-refractivity contribution is 0.102. The van der Waals surface area contributed by atoms with E-state index in [0.717, 1.165) is 9.48 Å². The molecule has 18 heavy (non-hydrogen) atoms. The lowest BCUT2D eigenvalue weighted by Crippen LogP contribution is -2.10. The Morgan fingerprint density at radius 2 is 2.00 bits per heavy atom. The van der Waals surface area contributed by atoms with Crippen LogP contribution in [0.3, 0.4) is 0 Å². The van der Waals surface area contributed by atoms with Crippen LogP contribution in [-0.2, 0) is 10.8 Å². The van der Waals surface area contributed by atoms with Gasteiger partial charge in [0.25, 0.3) is 0 Å². The molecule has 0 aliphatic carbocycles. The molecule has 0 saturated heterocycles. The summed E-state index contributed by atoms with van der Waals surface area (Å²) < 4.78 is 13.2. The summed E-state index contributed by atoms with van der Waals surface area (Å²) in [5.74, 6) is -0.218. The molecule has 2 aromatic rings. The summed E-state index contributed by atoms with van der Waals surface area (Å²) in [6, 6.07) is 6.97. The first-order valence-corrected chi connectivity index (χ1v) is 7.96. The van der Waals surface area contributed by atoms with Crippen molar-refractivity contribution in [1.29, 1.82) is 0 Å². The zero-order chi connectivity index (χ0) is 13.1. The number of carbonyl (C=O) groups excluding carboxylic acids is 1. The van der Waals surface area contributed by atoms with Crippen molar-refractivity contribution in [2.75, 3.05) is 5.75 Å². The normalized spacial score (nSPS) is 12.3. The van der Waals surface area contributed by atoms with Crippen LogP contribution in [-0.4, -0.2) is 25.9 Å². The molecular formula is C11H9BrN2O2S2. The van der Waals surface area contributed by atoms with E-state index in [9.17, 15) is 9.00 Å². The Kier molecular flexibility index (Phi) is 4.36. The summed E-state index contributed by atoms with van der Waals surface area (Å²) in [5.41, 5.74) is 0.549. The first-order chi connectivity index (χ1) is 8.56. The van der Waals surface area contributed by atoms with Crippen molar-refractivity contribution in [3.8, 4) is 0 Å². The second kappa shape index (κ2) is 5.81. The number of hydrogen-bond donors (Lipinski definition) is 0. The van der Waals surface area contributed by atoms with Crippen molar-refractivity contribution in [3.05, 3.63) is 39.3 Å². The summed E-state index contributed by atoms with van der Waals surface area (Å²) in [6.07, 6.45) is 0. The zero-order valence-corrected chi connectivity index (χ0v) is 12.6. The molecule has 7 heteroatoms. The largest absolute Gasteiger partial charge is 0.293 e. The van der Waals surface area contributed by atoms with Gasteiger partial charge in [-0.05, 0) is 19.1 Å². The van der Waals surface area contributed by atoms with Crippen molar-refractivity contribution in [3.63, 3.8) is 0 Å². The quantitative estimate of drug-likeness (QED) is 0.800. The van der Waals surface area contributed by atoms with Crippen molar-refractivity contribution < 1.29 is 9.00 Å². The zero-order valence-electron chi connectivity index (χ0n) is 9.42. The van der Waals surface area contributed by atoms with Crippen LogP contribution in [0.4, 0.5) is 0 Å². The van der Waals surface area contributed by atoms with Crippen LogP contribution in [0.1, 0.15) is 15.4 Å². The van der Waals surface area contributed by atoms with Gasteiger partial charge in [0.1, 0.15) is 5.01 Å². The van der Waals surface area contributed by atoms with E-state index >= 15 is 0 Å². The van der Waals surface area contributed by atoms with Gasteiger partial charge in [-0.25, -0.2) is 0 Å². The summed E-state index contributed by atoms with van der Waals surface area (Å²) >= 11 is 4.55. The Balaban J connectivity index is 2.08. The second-order valence-corrected chi connectivity index (χ2v) is 7.23. The van der Waals surface area contributed by atoms with Gasteiger partial charge in [-0.3, -0.25) is 9.00 Å². The fourth-order valence-corrected chi connectivity index (χ4v) is 3.52. The van der Waals surface area contributed by atoms with E-state index in [4.69, 9.17) is 0 Å². The van der Waals surface area contributed by atoms with Crippen molar-refractivity contribution in [1.82, 2.24) is 10.2 Å². The van der Waals surface area contributed by atoms with Gasteiger partial charge in [0, 0.05) is 10.0 Å². The number of carbonyl (C=O) groups is 1. The number of Topliss-reactive ketones (excluding diaryl/α,β-unsaturated/α-hetero) is 1. The number of hydrogen-bond acceptors (Lipinski definition) is 5. The van der Waals surface area contributed by atoms with E-state index in [1.807, 2.05) is 0 Å². The average molecular weight is 345 g/mol. The molecular weight excluding hydrogens is 336 g/mol. The first kappa shape index (κ1) is 13.5. The van der Waals surface area contributed by atoms with Gasteiger partial charge in [0.15, 0.2) is 5.78 Å². The monoisotopic (exact) mass is 344 g/mol. The maximum absolute atomic E-state index is 11.9. The minimum atomic E-state index is -1.41. The number of nitrogens with zero attached hydrogens (tertiary/aromatic N) is 2. The molecule has 1 aromatic carbocycles. The highest BCUT2D eigenvalue weighted by molar-refractivity contribution is 9.10. The minimum Gasteiger partial charge on any atom is -0.293 e. The van der Waals surface area contributed by atoms with Crippen LogP contribution in [0.15, 0.2) is 33.1 Å². The molecule has 0 saturated carbocycles. The summed E-state index contributed by atoms with van der Waals surface area (Å²) in [5, 5.41) is 8.32. The van der Waals surface area contributed by atoms with E-state index < -0.39 is 10.8 Å². The molecule has 4 nitrogen and oxygen atoms in total. The van der Waals surface area contributed by atoms with Gasteiger partial charge in [-0.2, -0.15) is 0 Å². The van der Waals surface area contributed by atoms with Gasteiger partial charge < -0.3 is 0 Å². The third-order valence-corrected chi connectivity index (χ3v) is 5.10. The number of halogens is 1. The molecule has 0 aliphatic rings. The number of rotatable bonds is 4.